The molecule has 0 saturated carbocycles. The highest BCUT2D eigenvalue weighted by molar-refractivity contribution is 5.46. The third kappa shape index (κ3) is 2.90. The molecule has 1 amide bonds. The number of carbonyl (C=O) groups is 1. The lowest BCUT2D eigenvalue weighted by Gasteiger charge is -2.10. The summed E-state index contributed by atoms with van der Waals surface area (Å²) in [5.74, 6) is 0. The molecule has 0 unspecified atom stereocenters. The van der Waals surface area contributed by atoms with Gasteiger partial charge >= 0.3 is 0 Å². The van der Waals surface area contributed by atoms with E-state index in [1.165, 1.54) is 11.1 Å². The fraction of sp³-hybridized carbons (Fsp3) is 0.364. The Morgan fingerprint density at radius 2 is 1.77 bits per heavy atom. The summed E-state index contributed by atoms with van der Waals surface area (Å²) in [6.45, 7) is 2.82. The summed E-state index contributed by atoms with van der Waals surface area (Å²) in [5, 5.41) is 0. The van der Waals surface area contributed by atoms with E-state index in [0.29, 0.717) is 6.54 Å². The van der Waals surface area contributed by atoms with Crippen LogP contribution in [0, 0.1) is 0 Å². The Morgan fingerprint density at radius 1 is 1.23 bits per heavy atom. The van der Waals surface area contributed by atoms with Crippen molar-refractivity contribution >= 4 is 6.41 Å². The van der Waals surface area contributed by atoms with Gasteiger partial charge in [-0.15, -0.1) is 0 Å². The number of hydrogen-bond donors (Lipinski definition) is 0. The first-order valence-corrected chi connectivity index (χ1v) is 4.49. The predicted molar refractivity (Wildman–Crippen MR) is 53.4 cm³/mol. The molecule has 0 radical (unpaired) electrons. The molecule has 1 rings (SSSR count). The van der Waals surface area contributed by atoms with Gasteiger partial charge in [0.25, 0.3) is 0 Å². The van der Waals surface area contributed by atoms with Crippen molar-refractivity contribution in [1.82, 2.24) is 4.90 Å². The van der Waals surface area contributed by atoms with Crippen LogP contribution in [0.5, 0.6) is 0 Å². The summed E-state index contributed by atoms with van der Waals surface area (Å²) in [5.41, 5.74) is 2.50. The van der Waals surface area contributed by atoms with Gasteiger partial charge in [-0.2, -0.15) is 0 Å². The van der Waals surface area contributed by atoms with Crippen LogP contribution in [-0.4, -0.2) is 18.4 Å². The van der Waals surface area contributed by atoms with E-state index in [0.717, 1.165) is 12.8 Å². The van der Waals surface area contributed by atoms with Crippen LogP contribution in [0.15, 0.2) is 24.3 Å². The number of nitrogens with zero attached hydrogens (tertiary/aromatic N) is 1. The Kier molecular flexibility index (Phi) is 3.50. The molecule has 0 saturated heterocycles. The molecule has 0 bridgehead atoms. The number of aryl methyl sites for hydroxylation is 1. The Labute approximate surface area is 79.2 Å². The van der Waals surface area contributed by atoms with E-state index in [2.05, 4.69) is 31.2 Å². The van der Waals surface area contributed by atoms with Crippen LogP contribution in [-0.2, 0) is 17.8 Å². The van der Waals surface area contributed by atoms with Gasteiger partial charge in [0.05, 0.1) is 0 Å². The van der Waals surface area contributed by atoms with Gasteiger partial charge in [-0.05, 0) is 17.5 Å². The fourth-order valence-corrected chi connectivity index (χ4v) is 1.21. The third-order valence-electron chi connectivity index (χ3n) is 2.04. The average Bonchev–Trinajstić information content (AvgIpc) is 2.19. The summed E-state index contributed by atoms with van der Waals surface area (Å²) >= 11 is 0. The second-order valence-electron chi connectivity index (χ2n) is 3.19. The number of hydrogen-bond acceptors (Lipinski definition) is 1. The first kappa shape index (κ1) is 9.78. The minimum absolute atomic E-state index is 0.688. The molecule has 0 aliphatic carbocycles. The zero-order chi connectivity index (χ0) is 9.68. The van der Waals surface area contributed by atoms with E-state index in [9.17, 15) is 4.79 Å². The van der Waals surface area contributed by atoms with E-state index in [4.69, 9.17) is 0 Å². The van der Waals surface area contributed by atoms with Crippen molar-refractivity contribution in [2.75, 3.05) is 7.05 Å². The lowest BCUT2D eigenvalue weighted by Crippen LogP contribution is -2.14. The Hall–Kier alpha value is -1.31. The van der Waals surface area contributed by atoms with Gasteiger partial charge in [0, 0.05) is 13.6 Å². The van der Waals surface area contributed by atoms with Gasteiger partial charge in [0.1, 0.15) is 0 Å². The topological polar surface area (TPSA) is 20.3 Å². The largest absolute Gasteiger partial charge is 0.344 e. The van der Waals surface area contributed by atoms with Crippen molar-refractivity contribution in [3.8, 4) is 0 Å². The molecule has 0 atom stereocenters. The number of amides is 1. The van der Waals surface area contributed by atoms with Crippen molar-refractivity contribution in [2.24, 2.45) is 0 Å². The molecule has 1 aromatic carbocycles. The highest BCUT2D eigenvalue weighted by Crippen LogP contribution is 2.06. The van der Waals surface area contributed by atoms with Crippen molar-refractivity contribution < 1.29 is 4.79 Å². The standard InChI is InChI=1S/C11H15NO/c1-3-10-4-6-11(7-5-10)8-12(2)9-13/h4-7,9H,3,8H2,1-2H3. The summed E-state index contributed by atoms with van der Waals surface area (Å²) in [7, 11) is 1.78. The molecule has 0 spiro atoms. The smallest absolute Gasteiger partial charge is 0.209 e. The van der Waals surface area contributed by atoms with E-state index >= 15 is 0 Å². The van der Waals surface area contributed by atoms with Crippen LogP contribution >= 0.6 is 0 Å². The zero-order valence-electron chi connectivity index (χ0n) is 8.16. The molecule has 70 valence electrons. The molecule has 0 aliphatic rings. The first-order valence-electron chi connectivity index (χ1n) is 4.49. The highest BCUT2D eigenvalue weighted by Gasteiger charge is 1.96. The summed E-state index contributed by atoms with van der Waals surface area (Å²) in [4.78, 5) is 12.0. The van der Waals surface area contributed by atoms with Crippen molar-refractivity contribution in [3.05, 3.63) is 35.4 Å². The minimum Gasteiger partial charge on any atom is -0.344 e. The summed E-state index contributed by atoms with van der Waals surface area (Å²) in [6.07, 6.45) is 1.90. The van der Waals surface area contributed by atoms with E-state index < -0.39 is 0 Å². The monoisotopic (exact) mass is 177 g/mol. The molecule has 13 heavy (non-hydrogen) atoms. The zero-order valence-corrected chi connectivity index (χ0v) is 8.16. The minimum atomic E-state index is 0.688. The molecule has 2 nitrogen and oxygen atoms in total. The van der Waals surface area contributed by atoms with Crippen LogP contribution in [0.2, 0.25) is 0 Å². The highest BCUT2D eigenvalue weighted by atomic mass is 16.1. The first-order chi connectivity index (χ1) is 6.26. The van der Waals surface area contributed by atoms with Gasteiger partial charge in [-0.1, -0.05) is 31.2 Å². The average molecular weight is 177 g/mol. The van der Waals surface area contributed by atoms with Gasteiger partial charge < -0.3 is 4.90 Å². The van der Waals surface area contributed by atoms with Gasteiger partial charge in [-0.3, -0.25) is 4.79 Å². The van der Waals surface area contributed by atoms with Crippen LogP contribution in [0.25, 0.3) is 0 Å². The third-order valence-corrected chi connectivity index (χ3v) is 2.04. The number of rotatable bonds is 4. The number of carbonyl (C=O) groups excluding carboxylic acids is 1. The van der Waals surface area contributed by atoms with Crippen molar-refractivity contribution in [3.63, 3.8) is 0 Å². The fourth-order valence-electron chi connectivity index (χ4n) is 1.21. The summed E-state index contributed by atoms with van der Waals surface area (Å²) in [6, 6.07) is 8.35. The Bertz CT molecular complexity index is 266. The van der Waals surface area contributed by atoms with E-state index in [1.807, 2.05) is 0 Å². The second kappa shape index (κ2) is 4.65. The lowest BCUT2D eigenvalue weighted by atomic mass is 10.1. The predicted octanol–water partition coefficient (Wildman–Crippen LogP) is 1.84. The maximum absolute atomic E-state index is 10.4. The normalized spacial score (nSPS) is 9.69. The molecule has 0 heterocycles. The van der Waals surface area contributed by atoms with Crippen LogP contribution in [0.4, 0.5) is 0 Å². The SMILES string of the molecule is CCc1ccc(CN(C)C=O)cc1. The van der Waals surface area contributed by atoms with Crippen molar-refractivity contribution in [1.29, 1.82) is 0 Å². The van der Waals surface area contributed by atoms with E-state index in [1.54, 1.807) is 11.9 Å². The van der Waals surface area contributed by atoms with E-state index in [-0.39, 0.29) is 0 Å². The van der Waals surface area contributed by atoms with Gasteiger partial charge in [-0.25, -0.2) is 0 Å². The maximum atomic E-state index is 10.4. The molecule has 1 aromatic rings. The van der Waals surface area contributed by atoms with Crippen LogP contribution < -0.4 is 0 Å². The molecule has 2 heteroatoms. The molecule has 0 fully saturated rings. The molecule has 0 aromatic heterocycles. The summed E-state index contributed by atoms with van der Waals surface area (Å²) < 4.78 is 0. The second-order valence-corrected chi connectivity index (χ2v) is 3.19. The van der Waals surface area contributed by atoms with Crippen LogP contribution in [0.1, 0.15) is 18.1 Å². The van der Waals surface area contributed by atoms with Crippen LogP contribution in [0.3, 0.4) is 0 Å². The number of benzene rings is 1. The van der Waals surface area contributed by atoms with Gasteiger partial charge in [0.2, 0.25) is 6.41 Å². The molecule has 0 N–H and O–H groups in total. The molecular formula is C11H15NO. The van der Waals surface area contributed by atoms with Crippen molar-refractivity contribution in [2.45, 2.75) is 19.9 Å². The Morgan fingerprint density at radius 3 is 2.23 bits per heavy atom. The molecule has 0 aliphatic heterocycles. The lowest BCUT2D eigenvalue weighted by molar-refractivity contribution is -0.117. The maximum Gasteiger partial charge on any atom is 0.209 e. The Balaban J connectivity index is 2.63. The molecular weight excluding hydrogens is 162 g/mol. The quantitative estimate of drug-likeness (QED) is 0.642. The van der Waals surface area contributed by atoms with Gasteiger partial charge in [0.15, 0.2) is 0 Å².